The van der Waals surface area contributed by atoms with E-state index in [1.165, 1.54) is 0 Å². The van der Waals surface area contributed by atoms with Gasteiger partial charge in [-0.2, -0.15) is 0 Å². The van der Waals surface area contributed by atoms with Crippen LogP contribution in [0.1, 0.15) is 37.3 Å². The van der Waals surface area contributed by atoms with Crippen LogP contribution >= 0.6 is 0 Å². The fourth-order valence-electron chi connectivity index (χ4n) is 2.70. The topological polar surface area (TPSA) is 54.0 Å². The molecule has 0 saturated heterocycles. The number of methoxy groups -OCH3 is 3. The lowest BCUT2D eigenvalue weighted by Crippen LogP contribution is -2.13. The molecule has 1 aliphatic carbocycles. The van der Waals surface area contributed by atoms with Crippen molar-refractivity contribution in [2.75, 3.05) is 27.9 Å². The van der Waals surface area contributed by atoms with Gasteiger partial charge in [0.05, 0.1) is 27.9 Å². The van der Waals surface area contributed by atoms with Crippen LogP contribution in [0, 0.1) is 0 Å². The number of carbonyl (C=O) groups is 1. The quantitative estimate of drug-likeness (QED) is 0.569. The number of hydrogen-bond donors (Lipinski definition) is 0. The minimum atomic E-state index is -0.238. The van der Waals surface area contributed by atoms with Crippen molar-refractivity contribution in [2.45, 2.75) is 32.6 Å². The minimum absolute atomic E-state index is 0.238. The van der Waals surface area contributed by atoms with Gasteiger partial charge in [0, 0.05) is 11.1 Å². The predicted molar refractivity (Wildman–Crippen MR) is 88.3 cm³/mol. The van der Waals surface area contributed by atoms with Crippen molar-refractivity contribution in [1.82, 2.24) is 0 Å². The number of benzene rings is 1. The molecule has 1 aliphatic rings. The van der Waals surface area contributed by atoms with Gasteiger partial charge in [-0.1, -0.05) is 13.3 Å². The normalized spacial score (nSPS) is 13.0. The summed E-state index contributed by atoms with van der Waals surface area (Å²) >= 11 is 0. The molecule has 1 aromatic rings. The second kappa shape index (κ2) is 7.90. The Kier molecular flexibility index (Phi) is 5.90. The average molecular weight is 320 g/mol. The molecule has 0 amide bonds. The van der Waals surface area contributed by atoms with E-state index in [0.717, 1.165) is 24.0 Å². The molecule has 5 heteroatoms. The molecule has 126 valence electrons. The van der Waals surface area contributed by atoms with E-state index >= 15 is 0 Å². The lowest BCUT2D eigenvalue weighted by Gasteiger charge is -2.22. The molecule has 0 N–H and O–H groups in total. The summed E-state index contributed by atoms with van der Waals surface area (Å²) in [4.78, 5) is 12.1. The van der Waals surface area contributed by atoms with Gasteiger partial charge in [-0.25, -0.2) is 4.79 Å². The lowest BCUT2D eigenvalue weighted by atomic mass is 9.90. The highest BCUT2D eigenvalue weighted by Crippen LogP contribution is 2.44. The van der Waals surface area contributed by atoms with E-state index < -0.39 is 0 Å². The summed E-state index contributed by atoms with van der Waals surface area (Å²) < 4.78 is 21.6. The van der Waals surface area contributed by atoms with Crippen molar-refractivity contribution in [3.63, 3.8) is 0 Å². The van der Waals surface area contributed by atoms with E-state index in [0.29, 0.717) is 42.3 Å². The maximum Gasteiger partial charge on any atom is 0.334 e. The average Bonchev–Trinajstić information content (AvgIpc) is 2.59. The van der Waals surface area contributed by atoms with Crippen LogP contribution in [-0.4, -0.2) is 33.9 Å². The number of esters is 1. The summed E-state index contributed by atoms with van der Waals surface area (Å²) in [5.41, 5.74) is 2.62. The van der Waals surface area contributed by atoms with Gasteiger partial charge in [0.1, 0.15) is 0 Å². The van der Waals surface area contributed by atoms with Gasteiger partial charge in [0.2, 0.25) is 5.75 Å². The van der Waals surface area contributed by atoms with Crippen LogP contribution in [-0.2, 0) is 16.0 Å². The summed E-state index contributed by atoms with van der Waals surface area (Å²) in [6, 6.07) is 1.87. The fraction of sp³-hybridized carbons (Fsp3) is 0.500. The van der Waals surface area contributed by atoms with Crippen molar-refractivity contribution in [2.24, 2.45) is 0 Å². The molecule has 2 rings (SSSR count). The summed E-state index contributed by atoms with van der Waals surface area (Å²) in [7, 11) is 4.77. The van der Waals surface area contributed by atoms with Crippen molar-refractivity contribution >= 4 is 12.0 Å². The third kappa shape index (κ3) is 3.60. The van der Waals surface area contributed by atoms with Crippen LogP contribution in [0.4, 0.5) is 0 Å². The third-order valence-electron chi connectivity index (χ3n) is 3.93. The highest BCUT2D eigenvalue weighted by atomic mass is 16.5. The monoisotopic (exact) mass is 320 g/mol. The zero-order valence-electron chi connectivity index (χ0n) is 14.2. The molecule has 0 bridgehead atoms. The van der Waals surface area contributed by atoms with E-state index in [4.69, 9.17) is 18.9 Å². The molecule has 1 aromatic carbocycles. The fourth-order valence-corrected chi connectivity index (χ4v) is 2.70. The first-order valence-electron chi connectivity index (χ1n) is 7.85. The number of ether oxygens (including phenoxy) is 4. The van der Waals surface area contributed by atoms with E-state index in [1.54, 1.807) is 21.3 Å². The molecule has 5 nitrogen and oxygen atoms in total. The molecule has 0 unspecified atom stereocenters. The van der Waals surface area contributed by atoms with Crippen LogP contribution in [0.3, 0.4) is 0 Å². The third-order valence-corrected chi connectivity index (χ3v) is 3.93. The second-order valence-electron chi connectivity index (χ2n) is 5.37. The molecule has 23 heavy (non-hydrogen) atoms. The molecule has 0 atom stereocenters. The SMILES string of the molecule is CCCCOC(=O)C1=Cc2cc(OC)c(OC)c(OC)c2CC1. The van der Waals surface area contributed by atoms with Crippen LogP contribution in [0.5, 0.6) is 17.2 Å². The van der Waals surface area contributed by atoms with Crippen LogP contribution in [0.2, 0.25) is 0 Å². The molecule has 0 spiro atoms. The molecule has 0 saturated carbocycles. The Hall–Kier alpha value is -2.17. The molecular weight excluding hydrogens is 296 g/mol. The van der Waals surface area contributed by atoms with Crippen molar-refractivity contribution < 1.29 is 23.7 Å². The highest BCUT2D eigenvalue weighted by Gasteiger charge is 2.25. The zero-order chi connectivity index (χ0) is 16.8. The Morgan fingerprint density at radius 1 is 1.09 bits per heavy atom. The van der Waals surface area contributed by atoms with Gasteiger partial charge in [-0.05, 0) is 37.0 Å². The molecular formula is C18H24O5. The Morgan fingerprint density at radius 3 is 2.43 bits per heavy atom. The van der Waals surface area contributed by atoms with Gasteiger partial charge in [-0.3, -0.25) is 0 Å². The van der Waals surface area contributed by atoms with Crippen molar-refractivity contribution in [1.29, 1.82) is 0 Å². The molecule has 0 aromatic heterocycles. The Labute approximate surface area is 137 Å². The number of unbranched alkanes of at least 4 members (excludes halogenated alkanes) is 1. The first-order valence-corrected chi connectivity index (χ1v) is 7.85. The minimum Gasteiger partial charge on any atom is -0.493 e. The maximum atomic E-state index is 12.1. The largest absolute Gasteiger partial charge is 0.493 e. The van der Waals surface area contributed by atoms with Gasteiger partial charge in [-0.15, -0.1) is 0 Å². The summed E-state index contributed by atoms with van der Waals surface area (Å²) in [6.45, 7) is 2.53. The van der Waals surface area contributed by atoms with Gasteiger partial charge in [0.25, 0.3) is 0 Å². The molecule has 0 radical (unpaired) electrons. The summed E-state index contributed by atoms with van der Waals surface area (Å²) in [5.74, 6) is 1.59. The van der Waals surface area contributed by atoms with Crippen molar-refractivity contribution in [3.8, 4) is 17.2 Å². The van der Waals surface area contributed by atoms with Gasteiger partial charge >= 0.3 is 5.97 Å². The predicted octanol–water partition coefficient (Wildman–Crippen LogP) is 3.39. The van der Waals surface area contributed by atoms with Crippen LogP contribution in [0.25, 0.3) is 6.08 Å². The van der Waals surface area contributed by atoms with E-state index in [2.05, 4.69) is 6.92 Å². The number of fused-ring (bicyclic) bond motifs is 1. The number of rotatable bonds is 7. The van der Waals surface area contributed by atoms with Gasteiger partial charge in [0.15, 0.2) is 11.5 Å². The van der Waals surface area contributed by atoms with Crippen molar-refractivity contribution in [3.05, 3.63) is 22.8 Å². The maximum absolute atomic E-state index is 12.1. The summed E-state index contributed by atoms with van der Waals surface area (Å²) in [5, 5.41) is 0. The summed E-state index contributed by atoms with van der Waals surface area (Å²) in [6.07, 6.45) is 5.08. The Balaban J connectivity index is 2.34. The molecule has 0 heterocycles. The number of hydrogen-bond acceptors (Lipinski definition) is 5. The second-order valence-corrected chi connectivity index (χ2v) is 5.37. The first kappa shape index (κ1) is 17.2. The Morgan fingerprint density at radius 2 is 1.83 bits per heavy atom. The smallest absolute Gasteiger partial charge is 0.334 e. The highest BCUT2D eigenvalue weighted by molar-refractivity contribution is 5.95. The van der Waals surface area contributed by atoms with E-state index in [9.17, 15) is 4.79 Å². The lowest BCUT2D eigenvalue weighted by molar-refractivity contribution is -0.139. The van der Waals surface area contributed by atoms with E-state index in [-0.39, 0.29) is 5.97 Å². The van der Waals surface area contributed by atoms with Crippen LogP contribution < -0.4 is 14.2 Å². The molecule has 0 aliphatic heterocycles. The van der Waals surface area contributed by atoms with Crippen LogP contribution in [0.15, 0.2) is 11.6 Å². The first-order chi connectivity index (χ1) is 11.2. The Bertz CT molecular complexity index is 604. The van der Waals surface area contributed by atoms with E-state index in [1.807, 2.05) is 12.1 Å². The standard InChI is InChI=1S/C18H24O5/c1-5-6-9-23-18(19)12-7-8-14-13(10-12)11-15(20-2)17(22-4)16(14)21-3/h10-11H,5-9H2,1-4H3. The number of carbonyl (C=O) groups excluding carboxylic acids is 1. The van der Waals surface area contributed by atoms with Gasteiger partial charge < -0.3 is 18.9 Å². The zero-order valence-corrected chi connectivity index (χ0v) is 14.2. The molecule has 0 fully saturated rings.